The molecule has 2 aromatic heterocycles. The Hall–Kier alpha value is -1.73. The number of nitrogens with one attached hydrogen (secondary N) is 1. The van der Waals surface area contributed by atoms with Crippen molar-refractivity contribution in [2.24, 2.45) is 0 Å². The molecule has 1 N–H and O–H groups in total. The lowest BCUT2D eigenvalue weighted by Gasteiger charge is -2.07. The SMILES string of the molecule is CCC(C)n1ccc(Cn2cc(CNCCOC)nn2)n1. The number of rotatable bonds is 9. The molecule has 0 aliphatic carbocycles. The summed E-state index contributed by atoms with van der Waals surface area (Å²) < 4.78 is 8.80. The molecule has 0 fully saturated rings. The first-order valence-electron chi connectivity index (χ1n) is 7.35. The summed E-state index contributed by atoms with van der Waals surface area (Å²) in [5, 5.41) is 16.1. The average Bonchev–Trinajstić information content (AvgIpc) is 3.13. The van der Waals surface area contributed by atoms with Gasteiger partial charge in [-0.05, 0) is 19.4 Å². The summed E-state index contributed by atoms with van der Waals surface area (Å²) in [4.78, 5) is 0. The number of nitrogens with zero attached hydrogens (tertiary/aromatic N) is 5. The number of ether oxygens (including phenoxy) is 1. The largest absolute Gasteiger partial charge is 0.383 e. The zero-order valence-electron chi connectivity index (χ0n) is 13.0. The van der Waals surface area contributed by atoms with Crippen LogP contribution >= 0.6 is 0 Å². The third-order valence-electron chi connectivity index (χ3n) is 3.41. The van der Waals surface area contributed by atoms with E-state index in [9.17, 15) is 0 Å². The van der Waals surface area contributed by atoms with Gasteiger partial charge in [-0.25, -0.2) is 4.68 Å². The van der Waals surface area contributed by atoms with Gasteiger partial charge < -0.3 is 10.1 Å². The molecule has 0 aliphatic heterocycles. The molecule has 1 unspecified atom stereocenters. The van der Waals surface area contributed by atoms with Crippen LogP contribution in [-0.4, -0.2) is 45.0 Å². The fraction of sp³-hybridized carbons (Fsp3) is 0.643. The van der Waals surface area contributed by atoms with Gasteiger partial charge in [-0.2, -0.15) is 5.10 Å². The molecule has 0 radical (unpaired) electrons. The quantitative estimate of drug-likeness (QED) is 0.704. The van der Waals surface area contributed by atoms with Crippen molar-refractivity contribution in [3.8, 4) is 0 Å². The Kier molecular flexibility index (Phi) is 5.89. The lowest BCUT2D eigenvalue weighted by molar-refractivity contribution is 0.199. The summed E-state index contributed by atoms with van der Waals surface area (Å²) in [6, 6.07) is 2.46. The lowest BCUT2D eigenvalue weighted by atomic mass is 10.3. The average molecular weight is 292 g/mol. The van der Waals surface area contributed by atoms with Gasteiger partial charge in [0.05, 0.1) is 30.7 Å². The van der Waals surface area contributed by atoms with E-state index in [0.29, 0.717) is 25.7 Å². The lowest BCUT2D eigenvalue weighted by Crippen LogP contribution is -2.18. The van der Waals surface area contributed by atoms with Crippen molar-refractivity contribution in [3.63, 3.8) is 0 Å². The first-order chi connectivity index (χ1) is 10.2. The Morgan fingerprint density at radius 2 is 2.24 bits per heavy atom. The third-order valence-corrected chi connectivity index (χ3v) is 3.41. The molecule has 2 aromatic rings. The molecule has 7 nitrogen and oxygen atoms in total. The van der Waals surface area contributed by atoms with E-state index in [4.69, 9.17) is 4.74 Å². The molecule has 0 aromatic carbocycles. The first-order valence-corrected chi connectivity index (χ1v) is 7.35. The standard InChI is InChI=1S/C14H24N6O/c1-4-12(2)20-7-5-13(17-20)10-19-11-14(16-18-19)9-15-6-8-21-3/h5,7,11-12,15H,4,6,8-10H2,1-3H3. The minimum absolute atomic E-state index is 0.426. The van der Waals surface area contributed by atoms with Crippen LogP contribution in [0.5, 0.6) is 0 Å². The second-order valence-corrected chi connectivity index (χ2v) is 5.12. The van der Waals surface area contributed by atoms with Crippen LogP contribution < -0.4 is 5.32 Å². The fourth-order valence-electron chi connectivity index (χ4n) is 1.95. The van der Waals surface area contributed by atoms with Gasteiger partial charge in [0.25, 0.3) is 0 Å². The fourth-order valence-corrected chi connectivity index (χ4v) is 1.95. The molecule has 116 valence electrons. The molecule has 0 spiro atoms. The molecule has 21 heavy (non-hydrogen) atoms. The van der Waals surface area contributed by atoms with Gasteiger partial charge in [0.2, 0.25) is 0 Å². The van der Waals surface area contributed by atoms with Crippen LogP contribution in [0.4, 0.5) is 0 Å². The van der Waals surface area contributed by atoms with Crippen molar-refractivity contribution in [3.05, 3.63) is 29.8 Å². The summed E-state index contributed by atoms with van der Waals surface area (Å²) in [5.41, 5.74) is 1.92. The highest BCUT2D eigenvalue weighted by Gasteiger charge is 2.06. The van der Waals surface area contributed by atoms with Gasteiger partial charge in [0.15, 0.2) is 0 Å². The zero-order chi connectivity index (χ0) is 15.1. The van der Waals surface area contributed by atoms with Crippen molar-refractivity contribution in [1.82, 2.24) is 30.1 Å². The van der Waals surface area contributed by atoms with E-state index in [2.05, 4.69) is 34.6 Å². The maximum Gasteiger partial charge on any atom is 0.0965 e. The zero-order valence-corrected chi connectivity index (χ0v) is 13.0. The highest BCUT2D eigenvalue weighted by atomic mass is 16.5. The number of methoxy groups -OCH3 is 1. The smallest absolute Gasteiger partial charge is 0.0965 e. The maximum atomic E-state index is 4.98. The molecule has 2 heterocycles. The summed E-state index contributed by atoms with van der Waals surface area (Å²) >= 11 is 0. The van der Waals surface area contributed by atoms with Crippen LogP contribution in [0.3, 0.4) is 0 Å². The molecule has 0 aliphatic rings. The number of aromatic nitrogens is 5. The Labute approximate surface area is 125 Å². The molecule has 0 saturated carbocycles. The predicted molar refractivity (Wildman–Crippen MR) is 79.9 cm³/mol. The van der Waals surface area contributed by atoms with Crippen LogP contribution in [0.25, 0.3) is 0 Å². The summed E-state index contributed by atoms with van der Waals surface area (Å²) in [6.07, 6.45) is 5.04. The Morgan fingerprint density at radius 1 is 1.38 bits per heavy atom. The predicted octanol–water partition coefficient (Wildman–Crippen LogP) is 1.23. The van der Waals surface area contributed by atoms with Crippen LogP contribution in [0.15, 0.2) is 18.5 Å². The summed E-state index contributed by atoms with van der Waals surface area (Å²) in [5.74, 6) is 0. The van der Waals surface area contributed by atoms with E-state index in [1.54, 1.807) is 7.11 Å². The van der Waals surface area contributed by atoms with Crippen LogP contribution in [0, 0.1) is 0 Å². The van der Waals surface area contributed by atoms with E-state index in [1.165, 1.54) is 0 Å². The molecule has 0 bridgehead atoms. The van der Waals surface area contributed by atoms with Crippen LogP contribution in [-0.2, 0) is 17.8 Å². The Balaban J connectivity index is 1.85. The molecule has 2 rings (SSSR count). The van der Waals surface area contributed by atoms with Crippen molar-refractivity contribution in [2.45, 2.75) is 39.4 Å². The van der Waals surface area contributed by atoms with Gasteiger partial charge in [0, 0.05) is 32.4 Å². The van der Waals surface area contributed by atoms with E-state index in [1.807, 2.05) is 27.8 Å². The van der Waals surface area contributed by atoms with Crippen LogP contribution in [0.2, 0.25) is 0 Å². The van der Waals surface area contributed by atoms with E-state index in [0.717, 1.165) is 24.4 Å². The Morgan fingerprint density at radius 3 is 3.00 bits per heavy atom. The molecule has 7 heteroatoms. The minimum Gasteiger partial charge on any atom is -0.383 e. The Bertz CT molecular complexity index is 535. The molecular weight excluding hydrogens is 268 g/mol. The second kappa shape index (κ2) is 7.90. The van der Waals surface area contributed by atoms with Gasteiger partial charge in [-0.1, -0.05) is 12.1 Å². The monoisotopic (exact) mass is 292 g/mol. The molecule has 1 atom stereocenters. The highest BCUT2D eigenvalue weighted by Crippen LogP contribution is 2.09. The van der Waals surface area contributed by atoms with Crippen molar-refractivity contribution >= 4 is 0 Å². The number of hydrogen-bond acceptors (Lipinski definition) is 5. The van der Waals surface area contributed by atoms with E-state index < -0.39 is 0 Å². The molecular formula is C14H24N6O. The van der Waals surface area contributed by atoms with E-state index >= 15 is 0 Å². The van der Waals surface area contributed by atoms with E-state index in [-0.39, 0.29) is 0 Å². The van der Waals surface area contributed by atoms with Gasteiger partial charge in [-0.15, -0.1) is 5.10 Å². The van der Waals surface area contributed by atoms with Gasteiger partial charge >= 0.3 is 0 Å². The van der Waals surface area contributed by atoms with Crippen molar-refractivity contribution < 1.29 is 4.74 Å². The molecule has 0 saturated heterocycles. The molecule has 0 amide bonds. The normalized spacial score (nSPS) is 12.7. The topological polar surface area (TPSA) is 69.8 Å². The summed E-state index contributed by atoms with van der Waals surface area (Å²) in [7, 11) is 1.69. The van der Waals surface area contributed by atoms with Gasteiger partial charge in [0.1, 0.15) is 0 Å². The number of hydrogen-bond donors (Lipinski definition) is 1. The van der Waals surface area contributed by atoms with Crippen molar-refractivity contribution in [1.29, 1.82) is 0 Å². The first kappa shape index (κ1) is 15.7. The maximum absolute atomic E-state index is 4.98. The second-order valence-electron chi connectivity index (χ2n) is 5.12. The minimum atomic E-state index is 0.426. The summed E-state index contributed by atoms with van der Waals surface area (Å²) in [6.45, 7) is 7.17. The van der Waals surface area contributed by atoms with Gasteiger partial charge in [-0.3, -0.25) is 4.68 Å². The van der Waals surface area contributed by atoms with Crippen molar-refractivity contribution in [2.75, 3.05) is 20.3 Å². The highest BCUT2D eigenvalue weighted by molar-refractivity contribution is 5.01. The third kappa shape index (κ3) is 4.64. The van der Waals surface area contributed by atoms with Crippen LogP contribution in [0.1, 0.15) is 37.7 Å².